The van der Waals surface area contributed by atoms with E-state index < -0.39 is 17.6 Å². The van der Waals surface area contributed by atoms with Crippen molar-refractivity contribution in [1.29, 1.82) is 0 Å². The van der Waals surface area contributed by atoms with E-state index in [0.29, 0.717) is 5.56 Å². The SMILES string of the molecule is O=C(NNC(=O)c1ccc(Cl)cc1F)c1ccncc1. The normalized spacial score (nSPS) is 9.90. The van der Waals surface area contributed by atoms with E-state index in [0.717, 1.165) is 6.07 Å². The van der Waals surface area contributed by atoms with Crippen LogP contribution in [-0.4, -0.2) is 16.8 Å². The van der Waals surface area contributed by atoms with Crippen LogP contribution in [-0.2, 0) is 0 Å². The average molecular weight is 294 g/mol. The van der Waals surface area contributed by atoms with E-state index in [1.165, 1.54) is 36.7 Å². The van der Waals surface area contributed by atoms with E-state index in [-0.39, 0.29) is 10.6 Å². The molecule has 0 radical (unpaired) electrons. The minimum Gasteiger partial charge on any atom is -0.267 e. The summed E-state index contributed by atoms with van der Waals surface area (Å²) in [5.74, 6) is -2.08. The van der Waals surface area contributed by atoms with Gasteiger partial charge in [-0.2, -0.15) is 0 Å². The Labute approximate surface area is 118 Å². The second-order valence-corrected chi connectivity index (χ2v) is 4.20. The lowest BCUT2D eigenvalue weighted by Gasteiger charge is -2.08. The topological polar surface area (TPSA) is 71.1 Å². The van der Waals surface area contributed by atoms with E-state index >= 15 is 0 Å². The molecule has 1 aromatic carbocycles. The average Bonchev–Trinajstić information content (AvgIpc) is 2.45. The number of carbonyl (C=O) groups excluding carboxylic acids is 2. The van der Waals surface area contributed by atoms with Crippen molar-refractivity contribution in [2.45, 2.75) is 0 Å². The van der Waals surface area contributed by atoms with Gasteiger partial charge in [-0.15, -0.1) is 0 Å². The molecular weight excluding hydrogens is 285 g/mol. The number of hydrogen-bond acceptors (Lipinski definition) is 3. The maximum atomic E-state index is 13.5. The molecule has 0 saturated carbocycles. The van der Waals surface area contributed by atoms with Crippen LogP contribution in [0.3, 0.4) is 0 Å². The Morgan fingerprint density at radius 2 is 1.70 bits per heavy atom. The van der Waals surface area contributed by atoms with E-state index in [1.54, 1.807) is 0 Å². The third-order valence-corrected chi connectivity index (χ3v) is 2.64. The molecule has 2 N–H and O–H groups in total. The molecule has 2 amide bonds. The molecule has 5 nitrogen and oxygen atoms in total. The highest BCUT2D eigenvalue weighted by Crippen LogP contribution is 2.14. The van der Waals surface area contributed by atoms with Gasteiger partial charge < -0.3 is 0 Å². The van der Waals surface area contributed by atoms with Crippen molar-refractivity contribution >= 4 is 23.4 Å². The number of hydrazine groups is 1. The number of halogens is 2. The number of amides is 2. The molecule has 0 aliphatic rings. The highest BCUT2D eigenvalue weighted by Gasteiger charge is 2.13. The summed E-state index contributed by atoms with van der Waals surface area (Å²) in [6, 6.07) is 6.58. The molecule has 1 heterocycles. The lowest BCUT2D eigenvalue weighted by Crippen LogP contribution is -2.41. The first-order valence-corrected chi connectivity index (χ1v) is 5.91. The van der Waals surface area contributed by atoms with Gasteiger partial charge >= 0.3 is 0 Å². The summed E-state index contributed by atoms with van der Waals surface area (Å²) in [6.45, 7) is 0. The maximum absolute atomic E-state index is 13.5. The zero-order valence-electron chi connectivity index (χ0n) is 10.1. The van der Waals surface area contributed by atoms with Crippen molar-refractivity contribution in [2.75, 3.05) is 0 Å². The van der Waals surface area contributed by atoms with E-state index in [1.807, 2.05) is 0 Å². The van der Waals surface area contributed by atoms with Crippen LogP contribution < -0.4 is 10.9 Å². The first kappa shape index (κ1) is 14.0. The Hall–Kier alpha value is -2.47. The largest absolute Gasteiger partial charge is 0.272 e. The monoisotopic (exact) mass is 293 g/mol. The number of rotatable bonds is 2. The fourth-order valence-corrected chi connectivity index (χ4v) is 1.59. The van der Waals surface area contributed by atoms with Crippen molar-refractivity contribution in [2.24, 2.45) is 0 Å². The Kier molecular flexibility index (Phi) is 4.27. The molecule has 7 heteroatoms. The molecule has 0 atom stereocenters. The van der Waals surface area contributed by atoms with E-state index in [4.69, 9.17) is 11.6 Å². The van der Waals surface area contributed by atoms with Crippen molar-refractivity contribution in [1.82, 2.24) is 15.8 Å². The highest BCUT2D eigenvalue weighted by molar-refractivity contribution is 6.30. The number of carbonyl (C=O) groups is 2. The molecule has 0 bridgehead atoms. The minimum atomic E-state index is -0.776. The molecule has 20 heavy (non-hydrogen) atoms. The van der Waals surface area contributed by atoms with Gasteiger partial charge in [0.25, 0.3) is 11.8 Å². The van der Waals surface area contributed by atoms with Crippen LogP contribution in [0, 0.1) is 5.82 Å². The maximum Gasteiger partial charge on any atom is 0.272 e. The Morgan fingerprint density at radius 1 is 1.05 bits per heavy atom. The zero-order chi connectivity index (χ0) is 14.5. The summed E-state index contributed by atoms with van der Waals surface area (Å²) < 4.78 is 13.5. The van der Waals surface area contributed by atoms with Gasteiger partial charge in [0, 0.05) is 23.0 Å². The Bertz CT molecular complexity index is 649. The van der Waals surface area contributed by atoms with Gasteiger partial charge in [-0.25, -0.2) is 4.39 Å². The smallest absolute Gasteiger partial charge is 0.267 e. The Balaban J connectivity index is 2.00. The Morgan fingerprint density at radius 3 is 2.35 bits per heavy atom. The molecule has 0 fully saturated rings. The predicted octanol–water partition coefficient (Wildman–Crippen LogP) is 1.95. The van der Waals surface area contributed by atoms with Crippen LogP contribution in [0.1, 0.15) is 20.7 Å². The van der Waals surface area contributed by atoms with Gasteiger partial charge in [0.15, 0.2) is 0 Å². The minimum absolute atomic E-state index is 0.180. The van der Waals surface area contributed by atoms with Crippen LogP contribution in [0.25, 0.3) is 0 Å². The summed E-state index contributed by atoms with van der Waals surface area (Å²) in [4.78, 5) is 27.1. The van der Waals surface area contributed by atoms with Gasteiger partial charge in [-0.05, 0) is 30.3 Å². The van der Waals surface area contributed by atoms with Gasteiger partial charge in [-0.1, -0.05) is 11.6 Å². The summed E-state index contributed by atoms with van der Waals surface area (Å²) in [7, 11) is 0. The molecule has 0 aliphatic heterocycles. The van der Waals surface area contributed by atoms with Crippen molar-refractivity contribution in [3.63, 3.8) is 0 Å². The van der Waals surface area contributed by atoms with Crippen LogP contribution in [0.4, 0.5) is 4.39 Å². The van der Waals surface area contributed by atoms with Crippen LogP contribution >= 0.6 is 11.6 Å². The number of aromatic nitrogens is 1. The van der Waals surface area contributed by atoms with Crippen molar-refractivity contribution < 1.29 is 14.0 Å². The molecular formula is C13H9ClFN3O2. The van der Waals surface area contributed by atoms with Crippen molar-refractivity contribution in [3.05, 3.63) is 64.7 Å². The van der Waals surface area contributed by atoms with Crippen molar-refractivity contribution in [3.8, 4) is 0 Å². The lowest BCUT2D eigenvalue weighted by atomic mass is 10.2. The van der Waals surface area contributed by atoms with Gasteiger partial charge in [0.2, 0.25) is 0 Å². The van der Waals surface area contributed by atoms with Crippen LogP contribution in [0.2, 0.25) is 5.02 Å². The second kappa shape index (κ2) is 6.12. The first-order valence-electron chi connectivity index (χ1n) is 5.53. The fraction of sp³-hybridized carbons (Fsp3) is 0. The summed E-state index contributed by atoms with van der Waals surface area (Å²) in [6.07, 6.45) is 2.88. The van der Waals surface area contributed by atoms with Gasteiger partial charge in [0.1, 0.15) is 5.82 Å². The first-order chi connectivity index (χ1) is 9.58. The molecule has 2 rings (SSSR count). The highest BCUT2D eigenvalue weighted by atomic mass is 35.5. The second-order valence-electron chi connectivity index (χ2n) is 3.77. The van der Waals surface area contributed by atoms with E-state index in [2.05, 4.69) is 15.8 Å². The fourth-order valence-electron chi connectivity index (χ4n) is 1.43. The van der Waals surface area contributed by atoms with E-state index in [9.17, 15) is 14.0 Å². The molecule has 0 unspecified atom stereocenters. The summed E-state index contributed by atoms with van der Waals surface area (Å²) >= 11 is 5.58. The van der Waals surface area contributed by atoms with Gasteiger partial charge in [0.05, 0.1) is 5.56 Å². The van der Waals surface area contributed by atoms with Crippen LogP contribution in [0.5, 0.6) is 0 Å². The van der Waals surface area contributed by atoms with Crippen LogP contribution in [0.15, 0.2) is 42.7 Å². The summed E-state index contributed by atoms with van der Waals surface area (Å²) in [5, 5.41) is 0.180. The number of benzene rings is 1. The molecule has 0 spiro atoms. The molecule has 102 valence electrons. The number of pyridine rings is 1. The molecule has 2 aromatic rings. The molecule has 0 aliphatic carbocycles. The number of nitrogens with zero attached hydrogens (tertiary/aromatic N) is 1. The zero-order valence-corrected chi connectivity index (χ0v) is 10.8. The molecule has 0 saturated heterocycles. The number of nitrogens with one attached hydrogen (secondary N) is 2. The third-order valence-electron chi connectivity index (χ3n) is 2.41. The predicted molar refractivity (Wildman–Crippen MR) is 70.6 cm³/mol. The third kappa shape index (κ3) is 3.30. The quantitative estimate of drug-likeness (QED) is 0.831. The lowest BCUT2D eigenvalue weighted by molar-refractivity contribution is 0.0844. The molecule has 1 aromatic heterocycles. The summed E-state index contributed by atoms with van der Waals surface area (Å²) in [5.41, 5.74) is 4.39. The number of hydrogen-bond donors (Lipinski definition) is 2. The van der Waals surface area contributed by atoms with Gasteiger partial charge in [-0.3, -0.25) is 25.4 Å². The standard InChI is InChI=1S/C13H9ClFN3O2/c14-9-1-2-10(11(15)7-9)13(20)18-17-12(19)8-3-5-16-6-4-8/h1-7H,(H,17,19)(H,18,20).